The van der Waals surface area contributed by atoms with E-state index in [1.807, 2.05) is 12.1 Å². The first-order valence-electron chi connectivity index (χ1n) is 9.89. The van der Waals surface area contributed by atoms with Gasteiger partial charge in [-0.05, 0) is 42.7 Å². The molecule has 6 nitrogen and oxygen atoms in total. The fourth-order valence-electron chi connectivity index (χ4n) is 3.08. The maximum absolute atomic E-state index is 12.6. The Bertz CT molecular complexity index is 1060. The highest BCUT2D eigenvalue weighted by Crippen LogP contribution is 2.34. The van der Waals surface area contributed by atoms with Crippen molar-refractivity contribution in [2.45, 2.75) is 25.9 Å². The summed E-state index contributed by atoms with van der Waals surface area (Å²) in [6.45, 7) is 0.927. The van der Waals surface area contributed by atoms with Gasteiger partial charge in [-0.25, -0.2) is 0 Å². The van der Waals surface area contributed by atoms with E-state index in [2.05, 4.69) is 4.98 Å². The molecule has 1 aliphatic carbocycles. The van der Waals surface area contributed by atoms with Gasteiger partial charge < -0.3 is 14.2 Å². The SMILES string of the molecule is COc1cc(-n2ccc(OCc3ccc(Cl)cn3)cc2=O)ccc1OCCC1CC1. The average Bonchev–Trinajstić information content (AvgIpc) is 3.58. The van der Waals surface area contributed by atoms with Gasteiger partial charge in [0, 0.05) is 24.5 Å². The summed E-state index contributed by atoms with van der Waals surface area (Å²) in [7, 11) is 1.59. The lowest BCUT2D eigenvalue weighted by molar-refractivity contribution is 0.283. The topological polar surface area (TPSA) is 62.6 Å². The molecule has 30 heavy (non-hydrogen) atoms. The molecule has 0 aliphatic heterocycles. The van der Waals surface area contributed by atoms with Crippen LogP contribution in [0.2, 0.25) is 5.02 Å². The van der Waals surface area contributed by atoms with E-state index < -0.39 is 0 Å². The fourth-order valence-corrected chi connectivity index (χ4v) is 3.19. The van der Waals surface area contributed by atoms with E-state index in [0.717, 1.165) is 18.0 Å². The van der Waals surface area contributed by atoms with Crippen molar-refractivity contribution in [3.05, 3.63) is 75.9 Å². The Kier molecular flexibility index (Phi) is 6.23. The van der Waals surface area contributed by atoms with E-state index in [0.29, 0.717) is 34.6 Å². The summed E-state index contributed by atoms with van der Waals surface area (Å²) in [5, 5.41) is 0.566. The molecule has 0 bridgehead atoms. The Balaban J connectivity index is 1.45. The second-order valence-corrected chi connectivity index (χ2v) is 7.68. The van der Waals surface area contributed by atoms with Crippen molar-refractivity contribution in [3.63, 3.8) is 0 Å². The summed E-state index contributed by atoms with van der Waals surface area (Å²) in [5.74, 6) is 2.57. The quantitative estimate of drug-likeness (QED) is 0.498. The summed E-state index contributed by atoms with van der Waals surface area (Å²) in [6.07, 6.45) is 6.91. The molecule has 0 spiro atoms. The Morgan fingerprint density at radius 3 is 2.67 bits per heavy atom. The van der Waals surface area contributed by atoms with Crippen molar-refractivity contribution >= 4 is 11.6 Å². The minimum Gasteiger partial charge on any atom is -0.493 e. The van der Waals surface area contributed by atoms with Crippen molar-refractivity contribution in [3.8, 4) is 22.9 Å². The molecule has 0 amide bonds. The van der Waals surface area contributed by atoms with Gasteiger partial charge in [-0.3, -0.25) is 14.3 Å². The highest BCUT2D eigenvalue weighted by Gasteiger charge is 2.21. The van der Waals surface area contributed by atoms with Crippen LogP contribution in [0.1, 0.15) is 25.0 Å². The van der Waals surface area contributed by atoms with Crippen LogP contribution in [0.3, 0.4) is 0 Å². The molecule has 7 heteroatoms. The standard InChI is InChI=1S/C23H23ClN2O4/c1-28-22-12-19(6-7-21(22)29-11-9-16-2-3-16)26-10-8-20(13-23(26)27)30-15-18-5-4-17(24)14-25-18/h4-8,10,12-14,16H,2-3,9,11,15H2,1H3. The van der Waals surface area contributed by atoms with E-state index in [-0.39, 0.29) is 12.2 Å². The van der Waals surface area contributed by atoms with E-state index in [9.17, 15) is 4.79 Å². The first-order valence-corrected chi connectivity index (χ1v) is 10.3. The van der Waals surface area contributed by atoms with Crippen LogP contribution in [-0.4, -0.2) is 23.3 Å². The van der Waals surface area contributed by atoms with Crippen molar-refractivity contribution in [2.24, 2.45) is 5.92 Å². The van der Waals surface area contributed by atoms with Gasteiger partial charge in [-0.15, -0.1) is 0 Å². The highest BCUT2D eigenvalue weighted by molar-refractivity contribution is 6.30. The predicted molar refractivity (Wildman–Crippen MR) is 115 cm³/mol. The van der Waals surface area contributed by atoms with Gasteiger partial charge in [0.05, 0.1) is 30.1 Å². The molecule has 3 aromatic rings. The fraction of sp³-hybridized carbons (Fsp3) is 0.304. The van der Waals surface area contributed by atoms with Crippen molar-refractivity contribution in [1.82, 2.24) is 9.55 Å². The first-order chi connectivity index (χ1) is 14.6. The monoisotopic (exact) mass is 426 g/mol. The summed E-state index contributed by atoms with van der Waals surface area (Å²) in [6, 6.07) is 12.2. The number of hydrogen-bond acceptors (Lipinski definition) is 5. The molecule has 2 heterocycles. The lowest BCUT2D eigenvalue weighted by atomic mass is 10.2. The maximum atomic E-state index is 12.6. The zero-order valence-electron chi connectivity index (χ0n) is 16.7. The highest BCUT2D eigenvalue weighted by atomic mass is 35.5. The van der Waals surface area contributed by atoms with Crippen LogP contribution >= 0.6 is 11.6 Å². The van der Waals surface area contributed by atoms with Crippen molar-refractivity contribution in [1.29, 1.82) is 0 Å². The number of ether oxygens (including phenoxy) is 3. The van der Waals surface area contributed by atoms with Gasteiger partial charge in [0.25, 0.3) is 5.56 Å². The van der Waals surface area contributed by atoms with Gasteiger partial charge in [-0.1, -0.05) is 24.4 Å². The Labute approximate surface area is 180 Å². The van der Waals surface area contributed by atoms with Gasteiger partial charge >= 0.3 is 0 Å². The Morgan fingerprint density at radius 2 is 1.97 bits per heavy atom. The smallest absolute Gasteiger partial charge is 0.258 e. The molecule has 0 radical (unpaired) electrons. The molecule has 2 aromatic heterocycles. The molecule has 0 unspecified atom stereocenters. The van der Waals surface area contributed by atoms with Crippen LogP contribution in [-0.2, 0) is 6.61 Å². The van der Waals surface area contributed by atoms with E-state index >= 15 is 0 Å². The number of rotatable bonds is 9. The maximum Gasteiger partial charge on any atom is 0.258 e. The van der Waals surface area contributed by atoms with Gasteiger partial charge in [0.2, 0.25) is 0 Å². The summed E-state index contributed by atoms with van der Waals surface area (Å²) < 4.78 is 18.5. The minimum atomic E-state index is -0.207. The molecule has 1 saturated carbocycles. The molecule has 1 fully saturated rings. The number of hydrogen-bond donors (Lipinski definition) is 0. The van der Waals surface area contributed by atoms with Crippen LogP contribution in [0.4, 0.5) is 0 Å². The van der Waals surface area contributed by atoms with E-state index in [1.165, 1.54) is 23.5 Å². The summed E-state index contributed by atoms with van der Waals surface area (Å²) in [4.78, 5) is 16.8. The third kappa shape index (κ3) is 5.13. The lowest BCUT2D eigenvalue weighted by Gasteiger charge is -2.13. The molecule has 0 atom stereocenters. The molecular formula is C23H23ClN2O4. The molecule has 156 valence electrons. The van der Waals surface area contributed by atoms with Crippen molar-refractivity contribution < 1.29 is 14.2 Å². The Hall–Kier alpha value is -2.99. The molecule has 0 N–H and O–H groups in total. The predicted octanol–water partition coefficient (Wildman–Crippen LogP) is 4.65. The lowest BCUT2D eigenvalue weighted by Crippen LogP contribution is -2.17. The number of nitrogens with zero attached hydrogens (tertiary/aromatic N) is 2. The molecule has 4 rings (SSSR count). The second-order valence-electron chi connectivity index (χ2n) is 7.24. The van der Waals surface area contributed by atoms with Crippen LogP contribution in [0.15, 0.2) is 59.7 Å². The zero-order valence-corrected chi connectivity index (χ0v) is 17.5. The number of aromatic nitrogens is 2. The first kappa shape index (κ1) is 20.3. The normalized spacial score (nSPS) is 13.1. The van der Waals surface area contributed by atoms with Crippen LogP contribution in [0.5, 0.6) is 17.2 Å². The molecule has 0 saturated heterocycles. The number of methoxy groups -OCH3 is 1. The second kappa shape index (κ2) is 9.22. The summed E-state index contributed by atoms with van der Waals surface area (Å²) >= 11 is 5.83. The van der Waals surface area contributed by atoms with Crippen LogP contribution in [0, 0.1) is 5.92 Å². The molecule has 1 aromatic carbocycles. The summed E-state index contributed by atoms with van der Waals surface area (Å²) in [5.41, 5.74) is 1.21. The van der Waals surface area contributed by atoms with E-state index in [4.69, 9.17) is 25.8 Å². The van der Waals surface area contributed by atoms with Crippen LogP contribution < -0.4 is 19.8 Å². The third-order valence-corrected chi connectivity index (χ3v) is 5.20. The molecule has 1 aliphatic rings. The average molecular weight is 427 g/mol. The minimum absolute atomic E-state index is 0.207. The van der Waals surface area contributed by atoms with Crippen molar-refractivity contribution in [2.75, 3.05) is 13.7 Å². The number of pyridine rings is 2. The number of halogens is 1. The largest absolute Gasteiger partial charge is 0.493 e. The van der Waals surface area contributed by atoms with Gasteiger partial charge in [0.1, 0.15) is 12.4 Å². The van der Waals surface area contributed by atoms with Gasteiger partial charge in [-0.2, -0.15) is 0 Å². The van der Waals surface area contributed by atoms with Gasteiger partial charge in [0.15, 0.2) is 11.5 Å². The van der Waals surface area contributed by atoms with E-state index in [1.54, 1.807) is 43.8 Å². The third-order valence-electron chi connectivity index (χ3n) is 4.97. The zero-order chi connectivity index (χ0) is 20.9. The molecular weight excluding hydrogens is 404 g/mol. The number of benzene rings is 1. The van der Waals surface area contributed by atoms with Crippen LogP contribution in [0.25, 0.3) is 5.69 Å². The Morgan fingerprint density at radius 1 is 1.10 bits per heavy atom.